The maximum atomic E-state index is 12.6. The van der Waals surface area contributed by atoms with Crippen LogP contribution in [0.15, 0.2) is 59.5 Å². The molecule has 0 heterocycles. The molecule has 1 aliphatic carbocycles. The minimum atomic E-state index is -0.266. The van der Waals surface area contributed by atoms with Crippen molar-refractivity contribution in [3.8, 4) is 5.75 Å². The van der Waals surface area contributed by atoms with Crippen LogP contribution in [0.5, 0.6) is 5.75 Å². The molecular weight excluding hydrogens is 294 g/mol. The van der Waals surface area contributed by atoms with Gasteiger partial charge in [0.1, 0.15) is 11.0 Å². The number of amides is 1. The molecule has 1 atom stereocenters. The van der Waals surface area contributed by atoms with E-state index in [2.05, 4.69) is 5.32 Å². The normalized spacial score (nSPS) is 15.1. The average Bonchev–Trinajstić information content (AvgIpc) is 3.37. The second kappa shape index (κ2) is 6.88. The standard InChI is InChI=1S/C18H19NO2S/c1-21-15-9-5-6-10-16(15)22-17(13-7-3-2-4-8-13)18(20)19-14-11-12-14/h2-10,14,17H,11-12H2,1H3,(H,19,20)/t17-/m0/s1. The van der Waals surface area contributed by atoms with E-state index in [1.54, 1.807) is 7.11 Å². The zero-order valence-corrected chi connectivity index (χ0v) is 13.3. The van der Waals surface area contributed by atoms with Crippen molar-refractivity contribution >= 4 is 17.7 Å². The van der Waals surface area contributed by atoms with E-state index in [1.165, 1.54) is 11.8 Å². The Balaban J connectivity index is 1.86. The van der Waals surface area contributed by atoms with Crippen LogP contribution in [0.4, 0.5) is 0 Å². The van der Waals surface area contributed by atoms with Crippen molar-refractivity contribution in [2.75, 3.05) is 7.11 Å². The molecule has 0 aliphatic heterocycles. The first-order valence-corrected chi connectivity index (χ1v) is 8.31. The maximum Gasteiger partial charge on any atom is 0.238 e. The summed E-state index contributed by atoms with van der Waals surface area (Å²) in [6.45, 7) is 0. The summed E-state index contributed by atoms with van der Waals surface area (Å²) in [6.07, 6.45) is 2.18. The number of hydrogen-bond donors (Lipinski definition) is 1. The molecule has 1 aliphatic rings. The molecule has 1 N–H and O–H groups in total. The lowest BCUT2D eigenvalue weighted by Gasteiger charge is -2.18. The van der Waals surface area contributed by atoms with Gasteiger partial charge in [-0.1, -0.05) is 42.5 Å². The minimum absolute atomic E-state index is 0.0737. The van der Waals surface area contributed by atoms with Gasteiger partial charge in [-0.2, -0.15) is 0 Å². The third kappa shape index (κ3) is 3.63. The summed E-state index contributed by atoms with van der Waals surface area (Å²) in [5.41, 5.74) is 1.01. The average molecular weight is 313 g/mol. The van der Waals surface area contributed by atoms with Crippen molar-refractivity contribution in [3.05, 3.63) is 60.2 Å². The Morgan fingerprint density at radius 2 is 1.82 bits per heavy atom. The molecule has 22 heavy (non-hydrogen) atoms. The summed E-state index contributed by atoms with van der Waals surface area (Å²) in [4.78, 5) is 13.6. The van der Waals surface area contributed by atoms with Gasteiger partial charge in [0, 0.05) is 6.04 Å². The number of ether oxygens (including phenoxy) is 1. The first-order chi connectivity index (χ1) is 10.8. The zero-order chi connectivity index (χ0) is 15.4. The van der Waals surface area contributed by atoms with Gasteiger partial charge in [0.15, 0.2) is 0 Å². The number of hydrogen-bond acceptors (Lipinski definition) is 3. The van der Waals surface area contributed by atoms with Crippen molar-refractivity contribution in [3.63, 3.8) is 0 Å². The molecule has 0 spiro atoms. The Bertz CT molecular complexity index is 641. The molecule has 3 nitrogen and oxygen atoms in total. The predicted molar refractivity (Wildman–Crippen MR) is 89.2 cm³/mol. The SMILES string of the molecule is COc1ccccc1S[C@H](C(=O)NC1CC1)c1ccccc1. The number of carbonyl (C=O) groups is 1. The summed E-state index contributed by atoms with van der Waals surface area (Å²) < 4.78 is 5.40. The molecule has 0 aromatic heterocycles. The van der Waals surface area contributed by atoms with Crippen LogP contribution < -0.4 is 10.1 Å². The van der Waals surface area contributed by atoms with Crippen molar-refractivity contribution in [2.45, 2.75) is 29.0 Å². The van der Waals surface area contributed by atoms with Crippen molar-refractivity contribution < 1.29 is 9.53 Å². The zero-order valence-electron chi connectivity index (χ0n) is 12.5. The van der Waals surface area contributed by atoms with Gasteiger partial charge in [-0.05, 0) is 30.5 Å². The van der Waals surface area contributed by atoms with Gasteiger partial charge >= 0.3 is 0 Å². The number of carbonyl (C=O) groups excluding carboxylic acids is 1. The molecule has 1 saturated carbocycles. The first kappa shape index (κ1) is 15.0. The van der Waals surface area contributed by atoms with Crippen LogP contribution in [0, 0.1) is 0 Å². The summed E-state index contributed by atoms with van der Waals surface area (Å²) in [5.74, 6) is 0.872. The lowest BCUT2D eigenvalue weighted by Crippen LogP contribution is -2.29. The predicted octanol–water partition coefficient (Wildman–Crippen LogP) is 3.81. The van der Waals surface area contributed by atoms with E-state index in [0.29, 0.717) is 6.04 Å². The van der Waals surface area contributed by atoms with Crippen LogP contribution in [-0.2, 0) is 4.79 Å². The number of para-hydroxylation sites is 1. The van der Waals surface area contributed by atoms with Gasteiger partial charge in [0.2, 0.25) is 5.91 Å². The quantitative estimate of drug-likeness (QED) is 0.824. The number of nitrogens with one attached hydrogen (secondary N) is 1. The van der Waals surface area contributed by atoms with E-state index in [9.17, 15) is 4.79 Å². The molecule has 2 aromatic carbocycles. The lowest BCUT2D eigenvalue weighted by molar-refractivity contribution is -0.120. The topological polar surface area (TPSA) is 38.3 Å². The van der Waals surface area contributed by atoms with Crippen LogP contribution in [0.1, 0.15) is 23.7 Å². The van der Waals surface area contributed by atoms with Crippen LogP contribution in [0.2, 0.25) is 0 Å². The molecule has 0 bridgehead atoms. The Labute approximate surface area is 135 Å². The fourth-order valence-corrected chi connectivity index (χ4v) is 3.40. The van der Waals surface area contributed by atoms with Gasteiger partial charge < -0.3 is 10.1 Å². The molecule has 4 heteroatoms. The Kier molecular flexibility index (Phi) is 4.68. The lowest BCUT2D eigenvalue weighted by atomic mass is 10.1. The van der Waals surface area contributed by atoms with E-state index in [-0.39, 0.29) is 11.2 Å². The second-order valence-corrected chi connectivity index (χ2v) is 6.49. The molecule has 114 valence electrons. The highest BCUT2D eigenvalue weighted by atomic mass is 32.2. The molecule has 3 rings (SSSR count). The fraction of sp³-hybridized carbons (Fsp3) is 0.278. The van der Waals surface area contributed by atoms with E-state index < -0.39 is 0 Å². The highest BCUT2D eigenvalue weighted by Crippen LogP contribution is 2.40. The molecular formula is C18H19NO2S. The highest BCUT2D eigenvalue weighted by Gasteiger charge is 2.29. The van der Waals surface area contributed by atoms with Crippen LogP contribution in [0.3, 0.4) is 0 Å². The van der Waals surface area contributed by atoms with Crippen molar-refractivity contribution in [1.82, 2.24) is 5.32 Å². The van der Waals surface area contributed by atoms with Gasteiger partial charge in [0.05, 0.1) is 12.0 Å². The van der Waals surface area contributed by atoms with Crippen molar-refractivity contribution in [2.24, 2.45) is 0 Å². The molecule has 2 aromatic rings. The molecule has 0 unspecified atom stereocenters. The number of rotatable bonds is 6. The summed E-state index contributed by atoms with van der Waals surface area (Å²) >= 11 is 1.53. The van der Waals surface area contributed by atoms with Crippen LogP contribution in [-0.4, -0.2) is 19.1 Å². The number of thioether (sulfide) groups is 1. The van der Waals surface area contributed by atoms with E-state index in [0.717, 1.165) is 29.1 Å². The maximum absolute atomic E-state index is 12.6. The Morgan fingerprint density at radius 3 is 2.50 bits per heavy atom. The third-order valence-corrected chi connectivity index (χ3v) is 4.89. The van der Waals surface area contributed by atoms with E-state index in [4.69, 9.17) is 4.74 Å². The second-order valence-electron chi connectivity index (χ2n) is 5.34. The molecule has 0 radical (unpaired) electrons. The third-order valence-electron chi connectivity index (χ3n) is 3.58. The summed E-state index contributed by atoms with van der Waals surface area (Å²) in [5, 5.41) is 2.84. The van der Waals surface area contributed by atoms with Gasteiger partial charge in [-0.3, -0.25) is 4.79 Å². The monoisotopic (exact) mass is 313 g/mol. The number of methoxy groups -OCH3 is 1. The Morgan fingerprint density at radius 1 is 1.14 bits per heavy atom. The van der Waals surface area contributed by atoms with Crippen LogP contribution in [0.25, 0.3) is 0 Å². The van der Waals surface area contributed by atoms with Crippen LogP contribution >= 0.6 is 11.8 Å². The minimum Gasteiger partial charge on any atom is -0.496 e. The van der Waals surface area contributed by atoms with E-state index >= 15 is 0 Å². The smallest absolute Gasteiger partial charge is 0.238 e. The molecule has 0 saturated heterocycles. The summed E-state index contributed by atoms with van der Waals surface area (Å²) in [7, 11) is 1.65. The van der Waals surface area contributed by atoms with Gasteiger partial charge in [-0.15, -0.1) is 11.8 Å². The summed E-state index contributed by atoms with van der Waals surface area (Å²) in [6, 6.07) is 18.1. The first-order valence-electron chi connectivity index (χ1n) is 7.43. The van der Waals surface area contributed by atoms with Gasteiger partial charge in [-0.25, -0.2) is 0 Å². The fourth-order valence-electron chi connectivity index (χ4n) is 2.25. The van der Waals surface area contributed by atoms with Gasteiger partial charge in [0.25, 0.3) is 0 Å². The van der Waals surface area contributed by atoms with E-state index in [1.807, 2.05) is 54.6 Å². The van der Waals surface area contributed by atoms with Crippen molar-refractivity contribution in [1.29, 1.82) is 0 Å². The largest absolute Gasteiger partial charge is 0.496 e. The number of benzene rings is 2. The Hall–Kier alpha value is -1.94. The molecule has 1 fully saturated rings. The molecule has 1 amide bonds. The highest BCUT2D eigenvalue weighted by molar-refractivity contribution is 8.00.